The lowest BCUT2D eigenvalue weighted by atomic mass is 9.77. The summed E-state index contributed by atoms with van der Waals surface area (Å²) >= 11 is 6.04. The molecule has 2 N–H and O–H groups in total. The molecule has 1 unspecified atom stereocenters. The number of hydrogen-bond donors (Lipinski definition) is 2. The molecule has 2 atom stereocenters. The molecule has 2 heterocycles. The van der Waals surface area contributed by atoms with E-state index in [9.17, 15) is 9.32 Å². The van der Waals surface area contributed by atoms with E-state index in [4.69, 9.17) is 16.6 Å². The number of aliphatic hydroxyl groups is 1. The Morgan fingerprint density at radius 2 is 2.00 bits per heavy atom. The van der Waals surface area contributed by atoms with Crippen LogP contribution in [-0.2, 0) is 10.8 Å². The van der Waals surface area contributed by atoms with Gasteiger partial charge in [-0.05, 0) is 62.1 Å². The summed E-state index contributed by atoms with van der Waals surface area (Å²) in [6, 6.07) is 8.17. The Morgan fingerprint density at radius 3 is 2.63 bits per heavy atom. The zero-order chi connectivity index (χ0) is 21.1. The molecular formula is C22H29ClN4O2S. The Bertz CT molecular complexity index is 899. The van der Waals surface area contributed by atoms with Crippen LogP contribution in [0.4, 0.5) is 11.8 Å². The van der Waals surface area contributed by atoms with Gasteiger partial charge in [0.15, 0.2) is 0 Å². The van der Waals surface area contributed by atoms with Gasteiger partial charge in [0.25, 0.3) is 0 Å². The molecule has 1 aliphatic heterocycles. The number of rotatable bonds is 6. The summed E-state index contributed by atoms with van der Waals surface area (Å²) in [6.07, 6.45) is 9.38. The second-order valence-corrected chi connectivity index (χ2v) is 10.2. The number of benzene rings is 1. The minimum atomic E-state index is -1.20. The number of nitrogens with one attached hydrogen (secondary N) is 1. The lowest BCUT2D eigenvalue weighted by Crippen LogP contribution is -2.48. The van der Waals surface area contributed by atoms with Crippen molar-refractivity contribution in [2.75, 3.05) is 36.2 Å². The molecule has 6 nitrogen and oxygen atoms in total. The van der Waals surface area contributed by atoms with Crippen molar-refractivity contribution in [3.8, 4) is 0 Å². The zero-order valence-electron chi connectivity index (χ0n) is 17.3. The number of halogens is 1. The third-order valence-corrected chi connectivity index (χ3v) is 7.57. The molecule has 8 heteroatoms. The smallest absolute Gasteiger partial charge is 0.227 e. The molecule has 1 aromatic carbocycles. The molecule has 4 rings (SSSR count). The molecule has 1 saturated carbocycles. The molecule has 2 aromatic rings. The van der Waals surface area contributed by atoms with Gasteiger partial charge in [-0.3, -0.25) is 4.21 Å². The van der Waals surface area contributed by atoms with Gasteiger partial charge in [-0.1, -0.05) is 23.7 Å². The fourth-order valence-electron chi connectivity index (χ4n) is 4.36. The highest BCUT2D eigenvalue weighted by Crippen LogP contribution is 2.36. The average molecular weight is 449 g/mol. The SMILES string of the molecule is C[S@@](=O)c1cnc(N2CCCC(c3ccc(Cl)cc3)CC2)nc1NC1(CO)CCC1. The fourth-order valence-corrected chi connectivity index (χ4v) is 5.05. The van der Waals surface area contributed by atoms with Crippen LogP contribution in [0, 0.1) is 0 Å². The zero-order valence-corrected chi connectivity index (χ0v) is 18.9. The summed E-state index contributed by atoms with van der Waals surface area (Å²) in [4.78, 5) is 12.1. The van der Waals surface area contributed by atoms with Gasteiger partial charge in [-0.15, -0.1) is 0 Å². The van der Waals surface area contributed by atoms with E-state index in [1.807, 2.05) is 12.1 Å². The third-order valence-electron chi connectivity index (χ3n) is 6.40. The maximum atomic E-state index is 12.2. The van der Waals surface area contributed by atoms with Gasteiger partial charge in [0.2, 0.25) is 5.95 Å². The van der Waals surface area contributed by atoms with E-state index in [0.717, 1.165) is 56.6 Å². The van der Waals surface area contributed by atoms with Gasteiger partial charge < -0.3 is 15.3 Å². The van der Waals surface area contributed by atoms with Gasteiger partial charge in [0, 0.05) is 24.4 Å². The molecule has 2 aliphatic rings. The van der Waals surface area contributed by atoms with Gasteiger partial charge >= 0.3 is 0 Å². The molecule has 1 aliphatic carbocycles. The number of hydrogen-bond acceptors (Lipinski definition) is 6. The van der Waals surface area contributed by atoms with Gasteiger partial charge in [-0.25, -0.2) is 4.98 Å². The van der Waals surface area contributed by atoms with Crippen LogP contribution < -0.4 is 10.2 Å². The van der Waals surface area contributed by atoms with Crippen LogP contribution >= 0.6 is 11.6 Å². The second kappa shape index (κ2) is 9.20. The quantitative estimate of drug-likeness (QED) is 0.696. The van der Waals surface area contributed by atoms with Crippen LogP contribution in [0.3, 0.4) is 0 Å². The predicted octanol–water partition coefficient (Wildman–Crippen LogP) is 3.97. The lowest BCUT2D eigenvalue weighted by molar-refractivity contribution is 0.143. The summed E-state index contributed by atoms with van der Waals surface area (Å²) in [5, 5.41) is 14.0. The Balaban J connectivity index is 1.52. The first kappa shape index (κ1) is 21.5. The average Bonchev–Trinajstić information content (AvgIpc) is 2.97. The van der Waals surface area contributed by atoms with E-state index in [1.165, 1.54) is 5.56 Å². The van der Waals surface area contributed by atoms with Gasteiger partial charge in [0.1, 0.15) is 5.82 Å². The molecule has 0 amide bonds. The van der Waals surface area contributed by atoms with E-state index < -0.39 is 10.8 Å². The van der Waals surface area contributed by atoms with Crippen molar-refractivity contribution in [2.45, 2.75) is 54.9 Å². The van der Waals surface area contributed by atoms with E-state index >= 15 is 0 Å². The maximum Gasteiger partial charge on any atom is 0.227 e. The van der Waals surface area contributed by atoms with Gasteiger partial charge in [0.05, 0.1) is 34.0 Å². The highest BCUT2D eigenvalue weighted by atomic mass is 35.5. The minimum Gasteiger partial charge on any atom is -0.394 e. The highest BCUT2D eigenvalue weighted by molar-refractivity contribution is 7.84. The normalized spacial score (nSPS) is 22.1. The number of anilines is 2. The van der Waals surface area contributed by atoms with E-state index in [0.29, 0.717) is 22.6 Å². The van der Waals surface area contributed by atoms with Crippen molar-refractivity contribution in [2.24, 2.45) is 0 Å². The Morgan fingerprint density at radius 1 is 1.23 bits per heavy atom. The second-order valence-electron chi connectivity index (χ2n) is 8.42. The first-order valence-corrected chi connectivity index (χ1v) is 12.5. The molecule has 30 heavy (non-hydrogen) atoms. The molecular weight excluding hydrogens is 420 g/mol. The Hall–Kier alpha value is -1.70. The van der Waals surface area contributed by atoms with Crippen LogP contribution in [-0.4, -0.2) is 50.8 Å². The van der Waals surface area contributed by atoms with E-state index in [1.54, 1.807) is 12.5 Å². The van der Waals surface area contributed by atoms with E-state index in [-0.39, 0.29) is 12.1 Å². The Labute approximate surface area is 185 Å². The highest BCUT2D eigenvalue weighted by Gasteiger charge is 2.37. The van der Waals surface area contributed by atoms with Crippen LogP contribution in [0.15, 0.2) is 35.4 Å². The van der Waals surface area contributed by atoms with Crippen molar-refractivity contribution in [3.05, 3.63) is 41.0 Å². The third kappa shape index (κ3) is 4.63. The monoisotopic (exact) mass is 448 g/mol. The van der Waals surface area contributed by atoms with Crippen molar-refractivity contribution < 1.29 is 9.32 Å². The first-order chi connectivity index (χ1) is 14.5. The lowest BCUT2D eigenvalue weighted by Gasteiger charge is -2.41. The molecule has 0 spiro atoms. The van der Waals surface area contributed by atoms with Gasteiger partial charge in [-0.2, -0.15) is 4.98 Å². The molecule has 1 aromatic heterocycles. The summed E-state index contributed by atoms with van der Waals surface area (Å²) in [5.41, 5.74) is 0.981. The van der Waals surface area contributed by atoms with Crippen LogP contribution in [0.5, 0.6) is 0 Å². The van der Waals surface area contributed by atoms with Crippen molar-refractivity contribution in [1.29, 1.82) is 0 Å². The number of aromatic nitrogens is 2. The summed E-state index contributed by atoms with van der Waals surface area (Å²) in [7, 11) is -1.20. The van der Waals surface area contributed by atoms with Crippen LogP contribution in [0.25, 0.3) is 0 Å². The minimum absolute atomic E-state index is 0.0502. The predicted molar refractivity (Wildman–Crippen MR) is 122 cm³/mol. The number of aliphatic hydroxyl groups excluding tert-OH is 1. The largest absolute Gasteiger partial charge is 0.394 e. The topological polar surface area (TPSA) is 78.4 Å². The molecule has 0 radical (unpaired) electrons. The number of nitrogens with zero attached hydrogens (tertiary/aromatic N) is 3. The first-order valence-electron chi connectivity index (χ1n) is 10.6. The standard InChI is InChI=1S/C22H29ClN4O2S/c1-30(29)19-14-24-21(25-20(19)26-22(15-28)10-3-11-22)27-12-2-4-16(9-13-27)17-5-7-18(23)8-6-17/h5-8,14,16,28H,2-4,9-13,15H2,1H3,(H,24,25,26)/t16?,30-/m1/s1. The Kier molecular flexibility index (Phi) is 6.60. The van der Waals surface area contributed by atoms with Crippen LogP contribution in [0.2, 0.25) is 5.02 Å². The molecule has 2 fully saturated rings. The molecule has 162 valence electrons. The van der Waals surface area contributed by atoms with Crippen LogP contribution in [0.1, 0.15) is 50.0 Å². The van der Waals surface area contributed by atoms with Crippen molar-refractivity contribution in [3.63, 3.8) is 0 Å². The fraction of sp³-hybridized carbons (Fsp3) is 0.545. The maximum absolute atomic E-state index is 12.2. The molecule has 0 bridgehead atoms. The van der Waals surface area contributed by atoms with E-state index in [2.05, 4.69) is 27.3 Å². The summed E-state index contributed by atoms with van der Waals surface area (Å²) < 4.78 is 12.2. The molecule has 1 saturated heterocycles. The van der Waals surface area contributed by atoms with Crippen molar-refractivity contribution in [1.82, 2.24) is 9.97 Å². The summed E-state index contributed by atoms with van der Waals surface area (Å²) in [6.45, 7) is 1.81. The van der Waals surface area contributed by atoms with Crippen molar-refractivity contribution >= 4 is 34.2 Å². The summed E-state index contributed by atoms with van der Waals surface area (Å²) in [5.74, 6) is 1.75.